The lowest BCUT2D eigenvalue weighted by molar-refractivity contribution is 0.355. The monoisotopic (exact) mass is 269 g/mol. The average Bonchev–Trinajstić information content (AvgIpc) is 2.15. The van der Waals surface area contributed by atoms with E-state index >= 15 is 0 Å². The summed E-state index contributed by atoms with van der Waals surface area (Å²) < 4.78 is 37.4. The molecule has 1 aromatic carbocycles. The van der Waals surface area contributed by atoms with Crippen LogP contribution in [0.1, 0.15) is 0 Å². The van der Waals surface area contributed by atoms with Crippen molar-refractivity contribution in [2.45, 2.75) is 4.90 Å². The molecule has 0 amide bonds. The van der Waals surface area contributed by atoms with Crippen molar-refractivity contribution in [3.63, 3.8) is 0 Å². The van der Waals surface area contributed by atoms with E-state index < -0.39 is 24.5 Å². The summed E-state index contributed by atoms with van der Waals surface area (Å²) in [7, 11) is -6.72. The second-order valence-corrected chi connectivity index (χ2v) is 5.44. The Bertz CT molecular complexity index is 472. The van der Waals surface area contributed by atoms with E-state index in [2.05, 4.69) is 4.18 Å². The molecule has 1 rings (SSSR count). The number of hydrogen-bond acceptors (Lipinski definition) is 4. The van der Waals surface area contributed by atoms with Crippen LogP contribution in [-0.2, 0) is 18.9 Å². The van der Waals surface area contributed by atoms with Gasteiger partial charge in [-0.3, -0.25) is 0 Å². The van der Waals surface area contributed by atoms with Crippen LogP contribution in [-0.4, -0.2) is 19.7 Å². The van der Waals surface area contributed by atoms with Gasteiger partial charge in [0.25, 0.3) is 6.35 Å². The summed E-state index contributed by atoms with van der Waals surface area (Å²) in [5.74, 6) is 0. The van der Waals surface area contributed by atoms with Gasteiger partial charge in [-0.25, -0.2) is 4.18 Å². The Kier molecular flexibility index (Phi) is 4.19. The maximum absolute atomic E-state index is 11.4. The third-order valence-electron chi connectivity index (χ3n) is 1.42. The molecule has 1 N–H and O–H groups in total. The Morgan fingerprint density at radius 1 is 1.40 bits per heavy atom. The lowest BCUT2D eigenvalue weighted by atomic mass is 10.4. The molecule has 0 radical (unpaired) electrons. The van der Waals surface area contributed by atoms with Crippen LogP contribution < -0.4 is 0 Å². The summed E-state index contributed by atoms with van der Waals surface area (Å²) in [6.45, 7) is 0. The fraction of sp³-hybridized carbons (Fsp3) is 0.143. The van der Waals surface area contributed by atoms with Gasteiger partial charge in [-0.15, -0.1) is 0 Å². The van der Waals surface area contributed by atoms with Crippen molar-refractivity contribution in [3.8, 4) is 0 Å². The maximum atomic E-state index is 11.4. The Labute approximate surface area is 92.6 Å². The fourth-order valence-corrected chi connectivity index (χ4v) is 2.84. The molecule has 1 aromatic rings. The van der Waals surface area contributed by atoms with Crippen molar-refractivity contribution in [1.82, 2.24) is 0 Å². The molecule has 8 heteroatoms. The molecule has 0 spiro atoms. The highest BCUT2D eigenvalue weighted by atomic mass is 35.5. The van der Waals surface area contributed by atoms with E-state index in [4.69, 9.17) is 16.5 Å². The first-order valence-electron chi connectivity index (χ1n) is 3.71. The zero-order valence-corrected chi connectivity index (χ0v) is 9.80. The minimum atomic E-state index is -4.06. The smallest absolute Gasteiger partial charge is 0.213 e. The van der Waals surface area contributed by atoms with Crippen LogP contribution in [0.2, 0.25) is 5.02 Å². The second kappa shape index (κ2) is 5.01. The molecular formula is C7H7ClO5PS+. The van der Waals surface area contributed by atoms with Gasteiger partial charge in [0.15, 0.2) is 0 Å². The molecule has 0 bridgehead atoms. The van der Waals surface area contributed by atoms with Crippen molar-refractivity contribution in [3.05, 3.63) is 29.3 Å². The van der Waals surface area contributed by atoms with Crippen LogP contribution in [0.25, 0.3) is 0 Å². The van der Waals surface area contributed by atoms with Gasteiger partial charge >= 0.3 is 18.1 Å². The Balaban J connectivity index is 2.97. The largest absolute Gasteiger partial charge is 0.535 e. The molecule has 0 aliphatic carbocycles. The zero-order chi connectivity index (χ0) is 11.5. The molecule has 1 unspecified atom stereocenters. The first kappa shape index (κ1) is 12.5. The molecule has 1 atom stereocenters. The first-order chi connectivity index (χ1) is 6.93. The van der Waals surface area contributed by atoms with Gasteiger partial charge < -0.3 is 0 Å². The van der Waals surface area contributed by atoms with E-state index in [1.807, 2.05) is 0 Å². The van der Waals surface area contributed by atoms with Gasteiger partial charge in [0.05, 0.1) is 5.02 Å². The highest BCUT2D eigenvalue weighted by molar-refractivity contribution is 7.87. The van der Waals surface area contributed by atoms with Crippen molar-refractivity contribution >= 4 is 29.7 Å². The van der Waals surface area contributed by atoms with Crippen molar-refractivity contribution in [1.29, 1.82) is 0 Å². The highest BCUT2D eigenvalue weighted by Gasteiger charge is 2.23. The van der Waals surface area contributed by atoms with E-state index in [0.29, 0.717) is 0 Å². The average molecular weight is 270 g/mol. The lowest BCUT2D eigenvalue weighted by Crippen LogP contribution is -2.06. The minimum Gasteiger partial charge on any atom is -0.213 e. The Morgan fingerprint density at radius 2 is 2.00 bits per heavy atom. The van der Waals surface area contributed by atoms with Crippen LogP contribution >= 0.6 is 19.6 Å². The van der Waals surface area contributed by atoms with Crippen LogP contribution in [0.15, 0.2) is 29.2 Å². The molecule has 0 aliphatic heterocycles. The minimum absolute atomic E-state index is 0.00525. The van der Waals surface area contributed by atoms with E-state index in [1.165, 1.54) is 18.2 Å². The molecule has 82 valence electrons. The van der Waals surface area contributed by atoms with Crippen molar-refractivity contribution < 1.29 is 22.1 Å². The van der Waals surface area contributed by atoms with Gasteiger partial charge in [-0.2, -0.15) is 13.3 Å². The van der Waals surface area contributed by atoms with E-state index in [0.717, 1.165) is 0 Å². The third-order valence-corrected chi connectivity index (χ3v) is 3.71. The summed E-state index contributed by atoms with van der Waals surface area (Å²) >= 11 is 5.63. The molecule has 15 heavy (non-hydrogen) atoms. The molecule has 0 saturated carbocycles. The van der Waals surface area contributed by atoms with E-state index in [-0.39, 0.29) is 9.92 Å². The van der Waals surface area contributed by atoms with Crippen LogP contribution in [0.4, 0.5) is 0 Å². The topological polar surface area (TPSA) is 80.7 Å². The first-order valence-corrected chi connectivity index (χ1v) is 6.89. The molecule has 0 heterocycles. The quantitative estimate of drug-likeness (QED) is 0.665. The summed E-state index contributed by atoms with van der Waals surface area (Å²) in [4.78, 5) is 8.20. The molecule has 0 aliphatic rings. The Morgan fingerprint density at radius 3 is 2.53 bits per heavy atom. The summed E-state index contributed by atoms with van der Waals surface area (Å²) in [5.41, 5.74) is 0. The maximum Gasteiger partial charge on any atom is 0.535 e. The fourth-order valence-electron chi connectivity index (χ4n) is 0.825. The predicted molar refractivity (Wildman–Crippen MR) is 54.4 cm³/mol. The van der Waals surface area contributed by atoms with Gasteiger partial charge in [0.1, 0.15) is 4.90 Å². The normalized spacial score (nSPS) is 12.5. The van der Waals surface area contributed by atoms with Gasteiger partial charge in [-0.05, 0) is 16.7 Å². The SMILES string of the molecule is O=[P+](O)COS(=O)(=O)c1ccccc1Cl. The molecular weight excluding hydrogens is 263 g/mol. The predicted octanol–water partition coefficient (Wildman–Crippen LogP) is 1.74. The highest BCUT2D eigenvalue weighted by Crippen LogP contribution is 2.24. The molecule has 0 saturated heterocycles. The number of halogens is 1. The number of rotatable bonds is 4. The van der Waals surface area contributed by atoms with Gasteiger partial charge in [0.2, 0.25) is 0 Å². The van der Waals surface area contributed by atoms with Gasteiger partial charge in [-0.1, -0.05) is 23.7 Å². The molecule has 5 nitrogen and oxygen atoms in total. The van der Waals surface area contributed by atoms with Gasteiger partial charge in [0, 0.05) is 0 Å². The standard InChI is InChI=1S/C7H6ClO5PS/c8-6-3-1-2-4-7(6)15(11,12)13-5-14(9)10/h1-4H,5H2/p+1. The summed E-state index contributed by atoms with van der Waals surface area (Å²) in [6, 6.07) is 5.67. The summed E-state index contributed by atoms with van der Waals surface area (Å²) in [6.07, 6.45) is -0.775. The van der Waals surface area contributed by atoms with Crippen LogP contribution in [0.5, 0.6) is 0 Å². The van der Waals surface area contributed by atoms with Crippen molar-refractivity contribution in [2.75, 3.05) is 6.35 Å². The number of benzene rings is 1. The number of hydrogen-bond donors (Lipinski definition) is 1. The summed E-state index contributed by atoms with van der Waals surface area (Å²) in [5, 5.41) is 0.00525. The van der Waals surface area contributed by atoms with Crippen LogP contribution in [0.3, 0.4) is 0 Å². The van der Waals surface area contributed by atoms with E-state index in [1.54, 1.807) is 6.07 Å². The molecule has 0 aromatic heterocycles. The zero-order valence-electron chi connectivity index (χ0n) is 7.33. The van der Waals surface area contributed by atoms with E-state index in [9.17, 15) is 13.0 Å². The second-order valence-electron chi connectivity index (χ2n) is 2.48. The molecule has 0 fully saturated rings. The lowest BCUT2D eigenvalue weighted by Gasteiger charge is -2.02. The third kappa shape index (κ3) is 3.52. The Hall–Kier alpha value is -0.520. The van der Waals surface area contributed by atoms with Crippen LogP contribution in [0, 0.1) is 0 Å². The van der Waals surface area contributed by atoms with Crippen molar-refractivity contribution in [2.24, 2.45) is 0 Å².